The molecule has 0 radical (unpaired) electrons. The number of hydrogen-bond acceptors (Lipinski definition) is 3. The number of carbonyl (C=O) groups excluding carboxylic acids is 2. The first kappa shape index (κ1) is 20.4. The standard InChI is InChI=1S/C24H31NO3/c1-23(2)14-8-9-17-15-20(24(3,4)16-19(17)23)25(18-10-6-5-7-11-18)21(26)12-13-22(27)28/h5-7,10-13,20H,8-9,14-16H2,1-4H3,(H,27,28)/p-1/b13-12+/t20-/m0/s1. The maximum Gasteiger partial charge on any atom is 0.251 e. The largest absolute Gasteiger partial charge is 0.545 e. The average molecular weight is 381 g/mol. The zero-order valence-electron chi connectivity index (χ0n) is 17.3. The number of hydrogen-bond donors (Lipinski definition) is 0. The molecular formula is C24H30NO3-. The Kier molecular flexibility index (Phi) is 5.51. The minimum Gasteiger partial charge on any atom is -0.545 e. The normalized spacial score (nSPS) is 23.4. The summed E-state index contributed by atoms with van der Waals surface area (Å²) in [6.45, 7) is 9.11. The number of aliphatic carboxylic acids is 1. The Bertz CT molecular complexity index is 818. The van der Waals surface area contributed by atoms with Crippen LogP contribution in [0.4, 0.5) is 5.69 Å². The van der Waals surface area contributed by atoms with E-state index in [1.165, 1.54) is 18.4 Å². The predicted octanol–water partition coefficient (Wildman–Crippen LogP) is 4.02. The van der Waals surface area contributed by atoms with Crippen LogP contribution in [0.15, 0.2) is 53.6 Å². The third-order valence-corrected chi connectivity index (χ3v) is 6.44. The lowest BCUT2D eigenvalue weighted by molar-refractivity contribution is -0.297. The summed E-state index contributed by atoms with van der Waals surface area (Å²) in [5.74, 6) is -1.67. The van der Waals surface area contributed by atoms with Gasteiger partial charge in [-0.05, 0) is 61.1 Å². The van der Waals surface area contributed by atoms with E-state index in [4.69, 9.17) is 0 Å². The zero-order valence-corrected chi connectivity index (χ0v) is 17.3. The second-order valence-electron chi connectivity index (χ2n) is 9.40. The van der Waals surface area contributed by atoms with Crippen molar-refractivity contribution in [1.82, 2.24) is 0 Å². The van der Waals surface area contributed by atoms with E-state index in [9.17, 15) is 14.7 Å². The summed E-state index contributed by atoms with van der Waals surface area (Å²) in [6.07, 6.45) is 7.23. The van der Waals surface area contributed by atoms with Crippen LogP contribution >= 0.6 is 0 Å². The van der Waals surface area contributed by atoms with Crippen molar-refractivity contribution in [1.29, 1.82) is 0 Å². The van der Waals surface area contributed by atoms with E-state index in [0.29, 0.717) is 0 Å². The van der Waals surface area contributed by atoms with Gasteiger partial charge in [-0.2, -0.15) is 0 Å². The van der Waals surface area contributed by atoms with E-state index in [1.807, 2.05) is 30.3 Å². The fourth-order valence-corrected chi connectivity index (χ4v) is 4.91. The molecule has 0 aromatic heterocycles. The van der Waals surface area contributed by atoms with Gasteiger partial charge in [0.1, 0.15) is 0 Å². The third-order valence-electron chi connectivity index (χ3n) is 6.44. The highest BCUT2D eigenvalue weighted by Gasteiger charge is 2.45. The highest BCUT2D eigenvalue weighted by Crippen LogP contribution is 2.53. The van der Waals surface area contributed by atoms with Gasteiger partial charge in [0.05, 0.1) is 5.97 Å². The van der Waals surface area contributed by atoms with Crippen LogP contribution in [-0.2, 0) is 9.59 Å². The Morgan fingerprint density at radius 2 is 1.79 bits per heavy atom. The molecule has 0 spiro atoms. The number of carboxylic acids is 1. The van der Waals surface area contributed by atoms with E-state index < -0.39 is 5.97 Å². The summed E-state index contributed by atoms with van der Waals surface area (Å²) in [4.78, 5) is 25.7. The Morgan fingerprint density at radius 3 is 2.43 bits per heavy atom. The average Bonchev–Trinajstić information content (AvgIpc) is 2.62. The maximum absolute atomic E-state index is 13.1. The molecule has 0 aliphatic heterocycles. The number of allylic oxidation sites excluding steroid dienone is 1. The SMILES string of the molecule is CC1(C)CCCC2=C1CC(C)(C)[C@@H](N(C(=O)/C=C/C(=O)[O-])c1ccccc1)C2. The van der Waals surface area contributed by atoms with E-state index in [2.05, 4.69) is 27.7 Å². The molecule has 0 unspecified atom stereocenters. The van der Waals surface area contributed by atoms with E-state index in [0.717, 1.165) is 37.1 Å². The summed E-state index contributed by atoms with van der Waals surface area (Å²) < 4.78 is 0. The van der Waals surface area contributed by atoms with Crippen molar-refractivity contribution in [3.05, 3.63) is 53.6 Å². The molecule has 0 N–H and O–H groups in total. The minimum atomic E-state index is -1.36. The van der Waals surface area contributed by atoms with Gasteiger partial charge in [0, 0.05) is 17.8 Å². The first-order valence-electron chi connectivity index (χ1n) is 10.1. The van der Waals surface area contributed by atoms with Gasteiger partial charge in [0.15, 0.2) is 0 Å². The van der Waals surface area contributed by atoms with E-state index >= 15 is 0 Å². The van der Waals surface area contributed by atoms with Crippen LogP contribution in [0.2, 0.25) is 0 Å². The van der Waals surface area contributed by atoms with Gasteiger partial charge in [0.25, 0.3) is 5.91 Å². The summed E-state index contributed by atoms with van der Waals surface area (Å²) in [5.41, 5.74) is 3.94. The molecule has 1 aromatic carbocycles. The highest BCUT2D eigenvalue weighted by atomic mass is 16.4. The van der Waals surface area contributed by atoms with Gasteiger partial charge in [-0.15, -0.1) is 0 Å². The molecule has 0 fully saturated rings. The van der Waals surface area contributed by atoms with Gasteiger partial charge >= 0.3 is 0 Å². The summed E-state index contributed by atoms with van der Waals surface area (Å²) in [7, 11) is 0. The molecule has 150 valence electrons. The molecule has 3 rings (SSSR count). The van der Waals surface area contributed by atoms with Crippen LogP contribution in [0.3, 0.4) is 0 Å². The smallest absolute Gasteiger partial charge is 0.251 e. The van der Waals surface area contributed by atoms with Gasteiger partial charge < -0.3 is 14.8 Å². The second-order valence-corrected chi connectivity index (χ2v) is 9.40. The molecule has 0 bridgehead atoms. The highest BCUT2D eigenvalue weighted by molar-refractivity contribution is 6.04. The van der Waals surface area contributed by atoms with Gasteiger partial charge in [0.2, 0.25) is 0 Å². The van der Waals surface area contributed by atoms with Gasteiger partial charge in [-0.25, -0.2) is 0 Å². The van der Waals surface area contributed by atoms with E-state index in [1.54, 1.807) is 10.5 Å². The van der Waals surface area contributed by atoms with Crippen molar-refractivity contribution in [3.63, 3.8) is 0 Å². The fraction of sp³-hybridized carbons (Fsp3) is 0.500. The van der Waals surface area contributed by atoms with Crippen molar-refractivity contribution in [2.75, 3.05) is 4.90 Å². The zero-order chi connectivity index (χ0) is 20.5. The van der Waals surface area contributed by atoms with Crippen LogP contribution in [0.25, 0.3) is 0 Å². The third kappa shape index (κ3) is 4.06. The Hall–Kier alpha value is -2.36. The number of carboxylic acid groups (broad SMARTS) is 1. The second kappa shape index (κ2) is 7.57. The molecule has 2 aliphatic carbocycles. The van der Waals surface area contributed by atoms with Crippen molar-refractivity contribution in [2.24, 2.45) is 10.8 Å². The first-order chi connectivity index (χ1) is 13.1. The van der Waals surface area contributed by atoms with Gasteiger partial charge in [-0.1, -0.05) is 57.0 Å². The van der Waals surface area contributed by atoms with Crippen LogP contribution in [0.1, 0.15) is 59.8 Å². The number of rotatable bonds is 4. The van der Waals surface area contributed by atoms with Crippen LogP contribution in [-0.4, -0.2) is 17.9 Å². The lowest BCUT2D eigenvalue weighted by Crippen LogP contribution is -2.51. The lowest BCUT2D eigenvalue weighted by atomic mass is 9.60. The van der Waals surface area contributed by atoms with Gasteiger partial charge in [-0.3, -0.25) is 4.79 Å². The molecule has 0 saturated carbocycles. The number of amides is 1. The lowest BCUT2D eigenvalue weighted by Gasteiger charge is -2.50. The molecule has 1 atom stereocenters. The van der Waals surface area contributed by atoms with Crippen molar-refractivity contribution >= 4 is 17.6 Å². The molecule has 0 saturated heterocycles. The first-order valence-corrected chi connectivity index (χ1v) is 10.1. The molecule has 0 heterocycles. The molecule has 4 nitrogen and oxygen atoms in total. The minimum absolute atomic E-state index is 0.0264. The Morgan fingerprint density at radius 1 is 1.11 bits per heavy atom. The van der Waals surface area contributed by atoms with Crippen LogP contribution in [0, 0.1) is 10.8 Å². The molecular weight excluding hydrogens is 350 g/mol. The summed E-state index contributed by atoms with van der Waals surface area (Å²) in [5, 5.41) is 10.8. The van der Waals surface area contributed by atoms with Crippen LogP contribution < -0.4 is 10.0 Å². The summed E-state index contributed by atoms with van der Waals surface area (Å²) >= 11 is 0. The maximum atomic E-state index is 13.1. The Labute approximate surface area is 167 Å². The predicted molar refractivity (Wildman–Crippen MR) is 110 cm³/mol. The fourth-order valence-electron chi connectivity index (χ4n) is 4.91. The molecule has 2 aliphatic rings. The monoisotopic (exact) mass is 380 g/mol. The number of benzene rings is 1. The number of para-hydroxylation sites is 1. The topological polar surface area (TPSA) is 60.4 Å². The Balaban J connectivity index is 2.03. The van der Waals surface area contributed by atoms with Crippen molar-refractivity contribution < 1.29 is 14.7 Å². The quantitative estimate of drug-likeness (QED) is 0.585. The molecule has 1 aromatic rings. The number of carbonyl (C=O) groups is 2. The number of nitrogens with zero attached hydrogens (tertiary/aromatic N) is 1. The summed E-state index contributed by atoms with van der Waals surface area (Å²) in [6, 6.07) is 9.52. The molecule has 28 heavy (non-hydrogen) atoms. The molecule has 4 heteroatoms. The number of anilines is 1. The van der Waals surface area contributed by atoms with Crippen LogP contribution in [0.5, 0.6) is 0 Å². The molecule has 1 amide bonds. The van der Waals surface area contributed by atoms with Crippen molar-refractivity contribution in [2.45, 2.75) is 65.8 Å². The van der Waals surface area contributed by atoms with E-state index in [-0.39, 0.29) is 22.8 Å². The van der Waals surface area contributed by atoms with Crippen molar-refractivity contribution in [3.8, 4) is 0 Å².